The molecule has 0 aromatic carbocycles. The molecule has 134 valence electrons. The van der Waals surface area contributed by atoms with Crippen LogP contribution in [-0.4, -0.2) is 35.8 Å². The minimum absolute atomic E-state index is 0.0362. The van der Waals surface area contributed by atoms with Crippen molar-refractivity contribution in [1.29, 1.82) is 0 Å². The number of carbonyl (C=O) groups is 2. The number of aromatic nitrogens is 1. The van der Waals surface area contributed by atoms with Crippen LogP contribution >= 0.6 is 0 Å². The van der Waals surface area contributed by atoms with E-state index in [1.165, 1.54) is 25.4 Å². The van der Waals surface area contributed by atoms with E-state index in [0.29, 0.717) is 5.56 Å². The molecule has 0 aliphatic rings. The zero-order valence-electron chi connectivity index (χ0n) is 14.4. The second-order valence-electron chi connectivity index (χ2n) is 6.37. The lowest BCUT2D eigenvalue weighted by Crippen LogP contribution is -2.45. The van der Waals surface area contributed by atoms with Gasteiger partial charge >= 0.3 is 12.1 Å². The Labute approximate surface area is 139 Å². The van der Waals surface area contributed by atoms with E-state index in [1.54, 1.807) is 20.8 Å². The van der Waals surface area contributed by atoms with Crippen LogP contribution in [0.5, 0.6) is 0 Å². The van der Waals surface area contributed by atoms with Crippen LogP contribution in [-0.2, 0) is 26.6 Å². The summed E-state index contributed by atoms with van der Waals surface area (Å²) >= 11 is 0. The highest BCUT2D eigenvalue weighted by molar-refractivity contribution is 5.81. The molecule has 0 radical (unpaired) electrons. The van der Waals surface area contributed by atoms with Crippen molar-refractivity contribution in [3.05, 3.63) is 29.6 Å². The number of amides is 1. The molecule has 0 aliphatic heterocycles. The van der Waals surface area contributed by atoms with E-state index in [0.717, 1.165) is 6.92 Å². The molecule has 0 bridgehead atoms. The van der Waals surface area contributed by atoms with Gasteiger partial charge in [-0.3, -0.25) is 4.98 Å². The summed E-state index contributed by atoms with van der Waals surface area (Å²) in [5.41, 5.74) is -0.601. The van der Waals surface area contributed by atoms with E-state index in [9.17, 15) is 18.4 Å². The van der Waals surface area contributed by atoms with Gasteiger partial charge < -0.3 is 14.8 Å². The number of alkyl carbamates (subject to hydrolysis) is 1. The number of hydrogen-bond acceptors (Lipinski definition) is 5. The van der Waals surface area contributed by atoms with Crippen LogP contribution < -0.4 is 5.32 Å². The second-order valence-corrected chi connectivity index (χ2v) is 6.37. The summed E-state index contributed by atoms with van der Waals surface area (Å²) in [7, 11) is 1.19. The van der Waals surface area contributed by atoms with Gasteiger partial charge in [-0.2, -0.15) is 8.78 Å². The van der Waals surface area contributed by atoms with Gasteiger partial charge in [0.1, 0.15) is 17.3 Å². The number of ether oxygens (including phenoxy) is 2. The molecule has 1 amide bonds. The molecule has 0 saturated carbocycles. The molecule has 1 rings (SSSR count). The molecular formula is C16H22F2N2O4. The van der Waals surface area contributed by atoms with Crippen molar-refractivity contribution in [3.63, 3.8) is 0 Å². The van der Waals surface area contributed by atoms with Crippen LogP contribution in [0.1, 0.15) is 39.0 Å². The summed E-state index contributed by atoms with van der Waals surface area (Å²) in [6, 6.07) is 1.59. The van der Waals surface area contributed by atoms with Crippen LogP contribution in [0.4, 0.5) is 13.6 Å². The first-order valence-electron chi connectivity index (χ1n) is 7.33. The van der Waals surface area contributed by atoms with Gasteiger partial charge in [-0.15, -0.1) is 0 Å². The summed E-state index contributed by atoms with van der Waals surface area (Å²) < 4.78 is 36.0. The van der Waals surface area contributed by atoms with E-state index in [2.05, 4.69) is 15.0 Å². The Morgan fingerprint density at radius 3 is 2.29 bits per heavy atom. The number of hydrogen-bond donors (Lipinski definition) is 1. The number of nitrogens with one attached hydrogen (secondary N) is 1. The van der Waals surface area contributed by atoms with E-state index < -0.39 is 29.6 Å². The first-order valence-corrected chi connectivity index (χ1v) is 7.33. The fraction of sp³-hybridized carbons (Fsp3) is 0.562. The van der Waals surface area contributed by atoms with Crippen molar-refractivity contribution < 1.29 is 27.8 Å². The van der Waals surface area contributed by atoms with Crippen molar-refractivity contribution in [2.24, 2.45) is 0 Å². The maximum atomic E-state index is 13.2. The molecule has 1 aromatic heterocycles. The molecule has 6 nitrogen and oxygen atoms in total. The predicted octanol–water partition coefficient (Wildman–Crippen LogP) is 2.80. The molecule has 1 unspecified atom stereocenters. The largest absolute Gasteiger partial charge is 0.467 e. The third kappa shape index (κ3) is 6.47. The molecule has 1 atom stereocenters. The fourth-order valence-corrected chi connectivity index (χ4v) is 1.83. The SMILES string of the molecule is COC(=O)C(Cc1ccc(C(C)(F)F)nc1)NC(=O)OC(C)(C)C. The number of methoxy groups -OCH3 is 1. The Balaban J connectivity index is 2.83. The average Bonchev–Trinajstić information content (AvgIpc) is 2.43. The van der Waals surface area contributed by atoms with Crippen molar-refractivity contribution in [2.75, 3.05) is 7.11 Å². The minimum atomic E-state index is -3.05. The molecule has 24 heavy (non-hydrogen) atoms. The molecule has 1 heterocycles. The highest BCUT2D eigenvalue weighted by atomic mass is 19.3. The van der Waals surface area contributed by atoms with Crippen molar-refractivity contribution in [2.45, 2.75) is 51.7 Å². The third-order valence-electron chi connectivity index (χ3n) is 2.89. The highest BCUT2D eigenvalue weighted by Crippen LogP contribution is 2.24. The van der Waals surface area contributed by atoms with Gasteiger partial charge in [0.25, 0.3) is 5.92 Å². The van der Waals surface area contributed by atoms with E-state index in [1.807, 2.05) is 0 Å². The fourth-order valence-electron chi connectivity index (χ4n) is 1.83. The molecular weight excluding hydrogens is 322 g/mol. The molecule has 0 aliphatic carbocycles. The summed E-state index contributed by atoms with van der Waals surface area (Å²) in [5, 5.41) is 2.41. The van der Waals surface area contributed by atoms with Crippen LogP contribution in [0.2, 0.25) is 0 Å². The Bertz CT molecular complexity index is 577. The molecule has 0 fully saturated rings. The van der Waals surface area contributed by atoms with Gasteiger partial charge in [-0.1, -0.05) is 6.07 Å². The molecule has 1 aromatic rings. The molecule has 0 spiro atoms. The van der Waals surface area contributed by atoms with Crippen molar-refractivity contribution in [3.8, 4) is 0 Å². The standard InChI is InChI=1S/C16H22F2N2O4/c1-15(2,3)24-14(22)20-11(13(21)23-5)8-10-6-7-12(19-9-10)16(4,17)18/h6-7,9,11H,8H2,1-5H3,(H,20,22). The number of esters is 1. The topological polar surface area (TPSA) is 77.5 Å². The lowest BCUT2D eigenvalue weighted by molar-refractivity contribution is -0.143. The van der Waals surface area contributed by atoms with Crippen LogP contribution in [0, 0.1) is 0 Å². The monoisotopic (exact) mass is 344 g/mol. The molecule has 1 N–H and O–H groups in total. The van der Waals surface area contributed by atoms with Crippen LogP contribution in [0.25, 0.3) is 0 Å². The maximum absolute atomic E-state index is 13.2. The lowest BCUT2D eigenvalue weighted by Gasteiger charge is -2.22. The molecule has 0 saturated heterocycles. The Morgan fingerprint density at radius 1 is 1.25 bits per heavy atom. The third-order valence-corrected chi connectivity index (χ3v) is 2.89. The number of carbonyl (C=O) groups excluding carboxylic acids is 2. The summed E-state index contributed by atoms with van der Waals surface area (Å²) in [4.78, 5) is 27.3. The zero-order chi connectivity index (χ0) is 18.5. The van der Waals surface area contributed by atoms with Gasteiger partial charge in [-0.05, 0) is 32.4 Å². The minimum Gasteiger partial charge on any atom is -0.467 e. The van der Waals surface area contributed by atoms with Crippen molar-refractivity contribution >= 4 is 12.1 Å². The predicted molar refractivity (Wildman–Crippen MR) is 82.7 cm³/mol. The quantitative estimate of drug-likeness (QED) is 0.831. The summed E-state index contributed by atoms with van der Waals surface area (Å²) in [6.45, 7) is 5.81. The first-order chi connectivity index (χ1) is 10.9. The lowest BCUT2D eigenvalue weighted by atomic mass is 10.1. The highest BCUT2D eigenvalue weighted by Gasteiger charge is 2.27. The number of pyridine rings is 1. The van der Waals surface area contributed by atoms with Gasteiger partial charge in [-0.25, -0.2) is 9.59 Å². The van der Waals surface area contributed by atoms with Gasteiger partial charge in [0.05, 0.1) is 7.11 Å². The van der Waals surface area contributed by atoms with Crippen molar-refractivity contribution in [1.82, 2.24) is 10.3 Å². The number of halogens is 2. The summed E-state index contributed by atoms with van der Waals surface area (Å²) in [5.74, 6) is -3.72. The number of rotatable bonds is 5. The van der Waals surface area contributed by atoms with Gasteiger partial charge in [0.2, 0.25) is 0 Å². The Hall–Kier alpha value is -2.25. The number of alkyl halides is 2. The maximum Gasteiger partial charge on any atom is 0.408 e. The Kier molecular flexibility index (Phi) is 6.22. The summed E-state index contributed by atoms with van der Waals surface area (Å²) in [6.07, 6.45) is 0.496. The van der Waals surface area contributed by atoms with E-state index >= 15 is 0 Å². The van der Waals surface area contributed by atoms with Crippen LogP contribution in [0.15, 0.2) is 18.3 Å². The Morgan fingerprint density at radius 2 is 1.88 bits per heavy atom. The zero-order valence-corrected chi connectivity index (χ0v) is 14.4. The molecule has 8 heteroatoms. The normalized spacial score (nSPS) is 13.1. The number of nitrogens with zero attached hydrogens (tertiary/aromatic N) is 1. The smallest absolute Gasteiger partial charge is 0.408 e. The average molecular weight is 344 g/mol. The van der Waals surface area contributed by atoms with Gasteiger partial charge in [0.15, 0.2) is 0 Å². The van der Waals surface area contributed by atoms with E-state index in [4.69, 9.17) is 4.74 Å². The second kappa shape index (κ2) is 7.55. The first kappa shape index (κ1) is 19.8. The van der Waals surface area contributed by atoms with Crippen LogP contribution in [0.3, 0.4) is 0 Å². The van der Waals surface area contributed by atoms with E-state index in [-0.39, 0.29) is 12.1 Å². The van der Waals surface area contributed by atoms with Gasteiger partial charge in [0, 0.05) is 19.5 Å².